The fourth-order valence-electron chi connectivity index (χ4n) is 1.62. The number of nitrogens with one attached hydrogen (secondary N) is 2. The van der Waals surface area contributed by atoms with Crippen LogP contribution in [-0.4, -0.2) is 23.5 Å². The third-order valence-corrected chi connectivity index (χ3v) is 4.59. The molecule has 0 atom stereocenters. The van der Waals surface area contributed by atoms with E-state index in [0.717, 1.165) is 6.07 Å². The minimum Gasteiger partial charge on any atom is -0.285 e. The molecule has 0 fully saturated rings. The Morgan fingerprint density at radius 3 is 2.76 bits per heavy atom. The van der Waals surface area contributed by atoms with Crippen molar-refractivity contribution in [2.45, 2.75) is 18.4 Å². The van der Waals surface area contributed by atoms with Crippen LogP contribution < -0.4 is 4.72 Å². The summed E-state index contributed by atoms with van der Waals surface area (Å²) in [4.78, 5) is 9.99. The maximum atomic E-state index is 12.1. The summed E-state index contributed by atoms with van der Waals surface area (Å²) >= 11 is 5.86. The number of nitro groups is 1. The molecule has 0 aliphatic heterocycles. The van der Waals surface area contributed by atoms with E-state index in [9.17, 15) is 18.5 Å². The molecule has 0 aliphatic carbocycles. The van der Waals surface area contributed by atoms with Crippen LogP contribution in [0.3, 0.4) is 0 Å². The Labute approximate surface area is 125 Å². The van der Waals surface area contributed by atoms with Gasteiger partial charge in [0, 0.05) is 29.9 Å². The van der Waals surface area contributed by atoms with Gasteiger partial charge in [-0.25, -0.2) is 13.1 Å². The molecule has 0 unspecified atom stereocenters. The molecule has 112 valence electrons. The second-order valence-electron chi connectivity index (χ2n) is 4.24. The fourth-order valence-corrected chi connectivity index (χ4v) is 2.96. The number of halogens is 1. The number of nitrogens with zero attached hydrogens (tertiary/aromatic N) is 2. The number of hydrogen-bond donors (Lipinski definition) is 2. The Hall–Kier alpha value is -1.97. The lowest BCUT2D eigenvalue weighted by Gasteiger charge is -2.08. The number of aromatic nitrogens is 2. The van der Waals surface area contributed by atoms with Crippen molar-refractivity contribution in [2.24, 2.45) is 0 Å². The minimum atomic E-state index is -3.91. The third-order valence-electron chi connectivity index (χ3n) is 2.82. The van der Waals surface area contributed by atoms with Crippen LogP contribution in [0.4, 0.5) is 5.69 Å². The Bertz CT molecular complexity index is 774. The van der Waals surface area contributed by atoms with Crippen LogP contribution in [0, 0.1) is 17.0 Å². The van der Waals surface area contributed by atoms with E-state index in [2.05, 4.69) is 14.9 Å². The molecule has 2 N–H and O–H groups in total. The van der Waals surface area contributed by atoms with Gasteiger partial charge in [-0.05, 0) is 13.0 Å². The molecule has 21 heavy (non-hydrogen) atoms. The smallest absolute Gasteiger partial charge is 0.275 e. The fraction of sp³-hybridized carbons (Fsp3) is 0.182. The molecule has 2 aromatic rings. The molecular weight excluding hydrogens is 320 g/mol. The summed E-state index contributed by atoms with van der Waals surface area (Å²) in [6.45, 7) is 1.47. The van der Waals surface area contributed by atoms with Gasteiger partial charge in [-0.15, -0.1) is 0 Å². The van der Waals surface area contributed by atoms with E-state index in [1.807, 2.05) is 0 Å². The van der Waals surface area contributed by atoms with Crippen molar-refractivity contribution in [1.29, 1.82) is 0 Å². The van der Waals surface area contributed by atoms with Crippen LogP contribution in [0.1, 0.15) is 11.1 Å². The summed E-state index contributed by atoms with van der Waals surface area (Å²) in [5, 5.41) is 17.2. The molecule has 1 aromatic heterocycles. The molecule has 0 bridgehead atoms. The third kappa shape index (κ3) is 3.38. The molecule has 0 saturated carbocycles. The van der Waals surface area contributed by atoms with Gasteiger partial charge in [0.15, 0.2) is 0 Å². The highest BCUT2D eigenvalue weighted by Gasteiger charge is 2.22. The van der Waals surface area contributed by atoms with Crippen molar-refractivity contribution in [2.75, 3.05) is 0 Å². The number of rotatable bonds is 5. The Morgan fingerprint density at radius 1 is 1.48 bits per heavy atom. The first-order chi connectivity index (χ1) is 9.81. The van der Waals surface area contributed by atoms with E-state index in [4.69, 9.17) is 11.6 Å². The van der Waals surface area contributed by atoms with E-state index in [0.29, 0.717) is 5.56 Å². The molecule has 0 radical (unpaired) electrons. The number of H-pyrrole nitrogens is 1. The maximum absolute atomic E-state index is 12.1. The summed E-state index contributed by atoms with van der Waals surface area (Å²) < 4.78 is 26.6. The zero-order chi connectivity index (χ0) is 15.6. The Kier molecular flexibility index (Phi) is 4.26. The number of nitro benzene ring substituents is 1. The van der Waals surface area contributed by atoms with Crippen molar-refractivity contribution in [3.05, 3.63) is 50.8 Å². The quantitative estimate of drug-likeness (QED) is 0.639. The summed E-state index contributed by atoms with van der Waals surface area (Å²) in [7, 11) is -3.91. The van der Waals surface area contributed by atoms with Crippen LogP contribution in [-0.2, 0) is 16.6 Å². The first kappa shape index (κ1) is 15.4. The second kappa shape index (κ2) is 5.80. The molecule has 0 amide bonds. The predicted octanol–water partition coefficient (Wildman–Crippen LogP) is 1.76. The average Bonchev–Trinajstić information content (AvgIpc) is 2.92. The topological polar surface area (TPSA) is 118 Å². The Morgan fingerprint density at radius 2 is 2.19 bits per heavy atom. The lowest BCUT2D eigenvalue weighted by atomic mass is 10.2. The molecule has 2 rings (SSSR count). The van der Waals surface area contributed by atoms with Crippen molar-refractivity contribution in [3.8, 4) is 0 Å². The monoisotopic (exact) mass is 330 g/mol. The van der Waals surface area contributed by atoms with Crippen LogP contribution in [0.15, 0.2) is 29.4 Å². The Balaban J connectivity index is 2.33. The number of aromatic amines is 1. The van der Waals surface area contributed by atoms with Gasteiger partial charge >= 0.3 is 0 Å². The van der Waals surface area contributed by atoms with Gasteiger partial charge < -0.3 is 0 Å². The van der Waals surface area contributed by atoms with Gasteiger partial charge in [0.2, 0.25) is 10.0 Å². The van der Waals surface area contributed by atoms with Crippen molar-refractivity contribution >= 4 is 27.3 Å². The van der Waals surface area contributed by atoms with Gasteiger partial charge in [-0.1, -0.05) is 11.6 Å². The first-order valence-electron chi connectivity index (χ1n) is 5.73. The highest BCUT2D eigenvalue weighted by atomic mass is 35.5. The summed E-state index contributed by atoms with van der Waals surface area (Å²) in [5.41, 5.74) is 0.507. The second-order valence-corrected chi connectivity index (χ2v) is 6.41. The van der Waals surface area contributed by atoms with Crippen molar-refractivity contribution in [3.63, 3.8) is 0 Å². The predicted molar refractivity (Wildman–Crippen MR) is 75.5 cm³/mol. The van der Waals surface area contributed by atoms with Crippen LogP contribution in [0.5, 0.6) is 0 Å². The first-order valence-corrected chi connectivity index (χ1v) is 7.59. The summed E-state index contributed by atoms with van der Waals surface area (Å²) in [5.74, 6) is 0. The van der Waals surface area contributed by atoms with Crippen molar-refractivity contribution < 1.29 is 13.3 Å². The van der Waals surface area contributed by atoms with Gasteiger partial charge in [0.05, 0.1) is 21.0 Å². The maximum Gasteiger partial charge on any atom is 0.275 e. The largest absolute Gasteiger partial charge is 0.285 e. The molecule has 0 spiro atoms. The zero-order valence-electron chi connectivity index (χ0n) is 10.8. The lowest BCUT2D eigenvalue weighted by Crippen LogP contribution is -2.23. The van der Waals surface area contributed by atoms with Gasteiger partial charge in [-0.3, -0.25) is 15.2 Å². The van der Waals surface area contributed by atoms with Gasteiger partial charge in [-0.2, -0.15) is 5.10 Å². The molecule has 8 nitrogen and oxygen atoms in total. The van der Waals surface area contributed by atoms with Gasteiger partial charge in [0.25, 0.3) is 5.69 Å². The normalized spacial score (nSPS) is 11.5. The van der Waals surface area contributed by atoms with Gasteiger partial charge in [0.1, 0.15) is 0 Å². The van der Waals surface area contributed by atoms with Crippen molar-refractivity contribution in [1.82, 2.24) is 14.9 Å². The standard InChI is InChI=1S/C11H11ClN4O4S/c1-7-10(12)2-9(3-11(7)16(17)18)21(19,20)15-6-8-4-13-14-5-8/h2-5,15H,6H2,1H3,(H,13,14). The minimum absolute atomic E-state index is 0.0120. The summed E-state index contributed by atoms with van der Waals surface area (Å²) in [6.07, 6.45) is 3.00. The molecule has 0 saturated heterocycles. The van der Waals surface area contributed by atoms with Crippen LogP contribution >= 0.6 is 11.6 Å². The van der Waals surface area contributed by atoms with E-state index in [-0.39, 0.29) is 27.7 Å². The lowest BCUT2D eigenvalue weighted by molar-refractivity contribution is -0.385. The average molecular weight is 331 g/mol. The SMILES string of the molecule is Cc1c(Cl)cc(S(=O)(=O)NCc2cn[nH]c2)cc1[N+](=O)[O-]. The van der Waals surface area contributed by atoms with E-state index in [1.165, 1.54) is 25.4 Å². The van der Waals surface area contributed by atoms with E-state index < -0.39 is 14.9 Å². The molecule has 0 aliphatic rings. The van der Waals surface area contributed by atoms with Crippen LogP contribution in [0.25, 0.3) is 0 Å². The number of benzene rings is 1. The van der Waals surface area contributed by atoms with E-state index >= 15 is 0 Å². The molecule has 1 heterocycles. The molecular formula is C11H11ClN4O4S. The van der Waals surface area contributed by atoms with E-state index in [1.54, 1.807) is 0 Å². The highest BCUT2D eigenvalue weighted by molar-refractivity contribution is 7.89. The molecule has 10 heteroatoms. The zero-order valence-corrected chi connectivity index (χ0v) is 12.4. The number of sulfonamides is 1. The van der Waals surface area contributed by atoms with Crippen LogP contribution in [0.2, 0.25) is 5.02 Å². The number of hydrogen-bond acceptors (Lipinski definition) is 5. The summed E-state index contributed by atoms with van der Waals surface area (Å²) in [6, 6.07) is 2.17. The molecule has 1 aromatic carbocycles. The highest BCUT2D eigenvalue weighted by Crippen LogP contribution is 2.29.